The second-order valence-corrected chi connectivity index (χ2v) is 9.59. The number of aliphatic imine (C=N–C) groups is 1. The van der Waals surface area contributed by atoms with Crippen LogP contribution in [0.3, 0.4) is 0 Å². The van der Waals surface area contributed by atoms with Crippen molar-refractivity contribution >= 4 is 40.0 Å². The van der Waals surface area contributed by atoms with Crippen LogP contribution in [0.4, 0.5) is 0 Å². The van der Waals surface area contributed by atoms with Gasteiger partial charge in [-0.05, 0) is 55.2 Å². The van der Waals surface area contributed by atoms with Gasteiger partial charge in [0, 0.05) is 26.2 Å². The van der Waals surface area contributed by atoms with Crippen LogP contribution in [0.2, 0.25) is 0 Å². The molecule has 0 heterocycles. The van der Waals surface area contributed by atoms with Crippen LogP contribution in [0.5, 0.6) is 0 Å². The number of nitrogens with zero attached hydrogens (tertiary/aromatic N) is 1. The summed E-state index contributed by atoms with van der Waals surface area (Å²) in [7, 11) is -1.60. The fraction of sp³-hybridized carbons (Fsp3) is 0.650. The van der Waals surface area contributed by atoms with E-state index in [2.05, 4.69) is 27.3 Å². The molecule has 158 valence electrons. The highest BCUT2D eigenvalue weighted by Gasteiger charge is 2.32. The van der Waals surface area contributed by atoms with E-state index in [0.717, 1.165) is 30.9 Å². The average Bonchev–Trinajstić information content (AvgIpc) is 3.35. The topological polar surface area (TPSA) is 82.6 Å². The number of hydrogen-bond donors (Lipinski definition) is 3. The molecule has 2 saturated carbocycles. The Labute approximate surface area is 186 Å². The molecule has 0 unspecified atom stereocenters. The molecular weight excluding hydrogens is 487 g/mol. The summed E-state index contributed by atoms with van der Waals surface area (Å²) < 4.78 is 27.1. The number of hydrogen-bond acceptors (Lipinski definition) is 3. The Bertz CT molecular complexity index is 755. The molecule has 0 aromatic heterocycles. The van der Waals surface area contributed by atoms with Crippen LogP contribution in [-0.4, -0.2) is 34.0 Å². The van der Waals surface area contributed by atoms with Crippen molar-refractivity contribution in [3.8, 4) is 0 Å². The Kier molecular flexibility index (Phi) is 8.57. The van der Waals surface area contributed by atoms with Gasteiger partial charge in [-0.25, -0.2) is 13.1 Å². The minimum absolute atomic E-state index is 0. The second-order valence-electron chi connectivity index (χ2n) is 7.88. The van der Waals surface area contributed by atoms with Crippen LogP contribution in [0.15, 0.2) is 34.2 Å². The first kappa shape index (κ1) is 23.4. The fourth-order valence-electron chi connectivity index (χ4n) is 3.73. The molecule has 0 saturated heterocycles. The molecule has 3 rings (SSSR count). The molecule has 0 spiro atoms. The van der Waals surface area contributed by atoms with E-state index in [1.54, 1.807) is 19.2 Å². The first-order valence-electron chi connectivity index (χ1n) is 10.0. The quantitative estimate of drug-likeness (QED) is 0.279. The number of rotatable bonds is 8. The molecule has 2 fully saturated rings. The highest BCUT2D eigenvalue weighted by atomic mass is 127. The zero-order valence-electron chi connectivity index (χ0n) is 16.8. The van der Waals surface area contributed by atoms with Gasteiger partial charge >= 0.3 is 0 Å². The highest BCUT2D eigenvalue weighted by molar-refractivity contribution is 14.0. The van der Waals surface area contributed by atoms with E-state index in [1.807, 2.05) is 12.1 Å². The summed E-state index contributed by atoms with van der Waals surface area (Å²) in [5, 5.41) is 6.80. The molecule has 0 aliphatic heterocycles. The summed E-state index contributed by atoms with van der Waals surface area (Å²) in [6, 6.07) is 7.17. The number of guanidine groups is 1. The molecule has 3 N–H and O–H groups in total. The van der Waals surface area contributed by atoms with Crippen molar-refractivity contribution in [2.75, 3.05) is 13.6 Å². The van der Waals surface area contributed by atoms with Crippen LogP contribution in [0.1, 0.15) is 57.4 Å². The lowest BCUT2D eigenvalue weighted by Crippen LogP contribution is -2.42. The van der Waals surface area contributed by atoms with Crippen LogP contribution in [0, 0.1) is 5.41 Å². The summed E-state index contributed by atoms with van der Waals surface area (Å²) >= 11 is 0. The molecule has 0 atom stereocenters. The van der Waals surface area contributed by atoms with Gasteiger partial charge < -0.3 is 10.6 Å². The van der Waals surface area contributed by atoms with Crippen molar-refractivity contribution in [1.29, 1.82) is 0 Å². The summed E-state index contributed by atoms with van der Waals surface area (Å²) in [6.45, 7) is 3.83. The number of sulfonamides is 1. The molecular formula is C20H33IN4O2S. The Morgan fingerprint density at radius 3 is 2.32 bits per heavy atom. The lowest BCUT2D eigenvalue weighted by molar-refractivity contribution is 0.283. The van der Waals surface area contributed by atoms with E-state index in [1.165, 1.54) is 32.1 Å². The van der Waals surface area contributed by atoms with Crippen molar-refractivity contribution in [3.63, 3.8) is 0 Å². The molecule has 0 radical (unpaired) electrons. The molecule has 0 bridgehead atoms. The van der Waals surface area contributed by atoms with E-state index in [9.17, 15) is 8.42 Å². The standard InChI is InChI=1S/C20H32N4O2S.HI/c1-3-20(12-4-5-13-20)15-23-19(21-2)22-14-16-6-10-18(11-7-16)27(25,26)24-17-8-9-17;/h6-7,10-11,17,24H,3-5,8-9,12-15H2,1-2H3,(H2,21,22,23);1H. The maximum atomic E-state index is 12.2. The van der Waals surface area contributed by atoms with E-state index < -0.39 is 10.0 Å². The van der Waals surface area contributed by atoms with Gasteiger partial charge in [-0.1, -0.05) is 31.9 Å². The van der Waals surface area contributed by atoms with Crippen molar-refractivity contribution in [2.24, 2.45) is 10.4 Å². The van der Waals surface area contributed by atoms with Gasteiger partial charge in [-0.3, -0.25) is 4.99 Å². The van der Waals surface area contributed by atoms with Crippen LogP contribution >= 0.6 is 24.0 Å². The van der Waals surface area contributed by atoms with Crippen LogP contribution < -0.4 is 15.4 Å². The van der Waals surface area contributed by atoms with Crippen LogP contribution in [0.25, 0.3) is 0 Å². The van der Waals surface area contributed by atoms with Gasteiger partial charge in [0.25, 0.3) is 0 Å². The smallest absolute Gasteiger partial charge is 0.240 e. The lowest BCUT2D eigenvalue weighted by atomic mass is 9.83. The van der Waals surface area contributed by atoms with Gasteiger partial charge in [0.15, 0.2) is 5.96 Å². The minimum Gasteiger partial charge on any atom is -0.356 e. The molecule has 2 aliphatic rings. The van der Waals surface area contributed by atoms with Crippen molar-refractivity contribution in [2.45, 2.75) is 69.4 Å². The second kappa shape index (κ2) is 10.2. The fourth-order valence-corrected chi connectivity index (χ4v) is 5.04. The van der Waals surface area contributed by atoms with Gasteiger partial charge in [0.1, 0.15) is 0 Å². The first-order chi connectivity index (χ1) is 13.0. The molecule has 1 aromatic carbocycles. The molecule has 0 amide bonds. The third-order valence-corrected chi connectivity index (χ3v) is 7.40. The Morgan fingerprint density at radius 2 is 1.79 bits per heavy atom. The summed E-state index contributed by atoms with van der Waals surface area (Å²) in [6.07, 6.45) is 8.30. The minimum atomic E-state index is -3.38. The van der Waals surface area contributed by atoms with Crippen molar-refractivity contribution in [3.05, 3.63) is 29.8 Å². The normalized spacial score (nSPS) is 19.1. The third kappa shape index (κ3) is 6.32. The predicted molar refractivity (Wildman–Crippen MR) is 125 cm³/mol. The predicted octanol–water partition coefficient (Wildman–Crippen LogP) is 3.38. The molecule has 8 heteroatoms. The van der Waals surface area contributed by atoms with Gasteiger partial charge in [-0.2, -0.15) is 0 Å². The van der Waals surface area contributed by atoms with Crippen LogP contribution in [-0.2, 0) is 16.6 Å². The summed E-state index contributed by atoms with van der Waals surface area (Å²) in [5.74, 6) is 0.793. The van der Waals surface area contributed by atoms with E-state index >= 15 is 0 Å². The zero-order chi connectivity index (χ0) is 19.3. The molecule has 6 nitrogen and oxygen atoms in total. The zero-order valence-corrected chi connectivity index (χ0v) is 20.0. The number of benzene rings is 1. The number of nitrogens with one attached hydrogen (secondary N) is 3. The van der Waals surface area contributed by atoms with E-state index in [4.69, 9.17) is 0 Å². The first-order valence-corrected chi connectivity index (χ1v) is 11.5. The van der Waals surface area contributed by atoms with Crippen molar-refractivity contribution in [1.82, 2.24) is 15.4 Å². The SMILES string of the molecule is CCC1(CNC(=NC)NCc2ccc(S(=O)(=O)NC3CC3)cc2)CCCC1.I. The largest absolute Gasteiger partial charge is 0.356 e. The molecule has 1 aromatic rings. The van der Waals surface area contributed by atoms with E-state index in [0.29, 0.717) is 16.9 Å². The maximum Gasteiger partial charge on any atom is 0.240 e. The summed E-state index contributed by atoms with van der Waals surface area (Å²) in [5.41, 5.74) is 1.43. The monoisotopic (exact) mass is 520 g/mol. The van der Waals surface area contributed by atoms with Crippen molar-refractivity contribution < 1.29 is 8.42 Å². The lowest BCUT2D eigenvalue weighted by Gasteiger charge is -2.28. The Balaban J connectivity index is 0.00000280. The van der Waals surface area contributed by atoms with Gasteiger partial charge in [0.2, 0.25) is 10.0 Å². The summed E-state index contributed by atoms with van der Waals surface area (Å²) in [4.78, 5) is 4.64. The van der Waals surface area contributed by atoms with Gasteiger partial charge in [0.05, 0.1) is 4.90 Å². The molecule has 2 aliphatic carbocycles. The van der Waals surface area contributed by atoms with E-state index in [-0.39, 0.29) is 30.0 Å². The highest BCUT2D eigenvalue weighted by Crippen LogP contribution is 2.40. The number of halogens is 1. The average molecular weight is 520 g/mol. The Morgan fingerprint density at radius 1 is 1.14 bits per heavy atom. The third-order valence-electron chi connectivity index (χ3n) is 5.86. The maximum absolute atomic E-state index is 12.2. The van der Waals surface area contributed by atoms with Gasteiger partial charge in [-0.15, -0.1) is 24.0 Å². The molecule has 28 heavy (non-hydrogen) atoms. The Hall–Kier alpha value is -0.870.